The summed E-state index contributed by atoms with van der Waals surface area (Å²) in [6.07, 6.45) is 14.5. The number of fused-ring (bicyclic) bond motifs is 8. The van der Waals surface area contributed by atoms with Gasteiger partial charge in [-0.2, -0.15) is 22.3 Å². The van der Waals surface area contributed by atoms with Crippen LogP contribution in [0.1, 0.15) is 33.4 Å². The average molecular weight is 1360 g/mol. The minimum absolute atomic E-state index is 0. The number of aromatic nitrogens is 6. The number of pyridine rings is 2. The molecule has 378 valence electrons. The van der Waals surface area contributed by atoms with Crippen LogP contribution in [0, 0.1) is 78.1 Å². The van der Waals surface area contributed by atoms with Crippen LogP contribution >= 0.6 is 0 Å². The second-order valence-corrected chi connectivity index (χ2v) is 19.8. The van der Waals surface area contributed by atoms with E-state index in [0.717, 1.165) is 49.5 Å². The molecular formula is C62H38B2N6O5Pt2-6. The van der Waals surface area contributed by atoms with E-state index in [1.165, 1.54) is 38.9 Å². The molecule has 9 heterocycles. The van der Waals surface area contributed by atoms with Crippen LogP contribution in [0.5, 0.6) is 46.3 Å². The molecule has 0 atom stereocenters. The molecule has 15 heteroatoms. The molecule has 0 N–H and O–H groups in total. The standard InChI is InChI=1S/C62H38B2N6O5.2Pt/c1-33-17-35(3)57(36(4)18-33)42-26-67-69(30-42)44-24-48-61(65-28-44)74-54-11-7-9-52-59(54)63(48)46-21-39(13-15-50(46)72-52)41-23-56(71-32-41)40-14-16-51-47(22-40)64-49-25-45(29-66-62(49)75-55-12-8-10-53(73-51)60(55)64)70-31-43(27-68-70)58-37(5)19-34(2)20-38(58)6;;/h7-20,26-31H,1-6H3;;/q-6;;. The molecule has 6 aromatic carbocycles. The van der Waals surface area contributed by atoms with Gasteiger partial charge >= 0.3 is 0 Å². The number of aryl methyl sites for hydroxylation is 6. The summed E-state index contributed by atoms with van der Waals surface area (Å²) in [5, 5.41) is 9.58. The summed E-state index contributed by atoms with van der Waals surface area (Å²) in [6, 6.07) is 46.4. The van der Waals surface area contributed by atoms with Gasteiger partial charge < -0.3 is 50.5 Å². The molecule has 0 saturated heterocycles. The number of rotatable bonds is 6. The first-order chi connectivity index (χ1) is 36.6. The maximum absolute atomic E-state index is 6.56. The minimum Gasteiger partial charge on any atom is -0.631 e. The first kappa shape index (κ1) is 48.7. The molecule has 11 nitrogen and oxygen atoms in total. The molecule has 0 aliphatic carbocycles. The Morgan fingerprint density at radius 2 is 0.896 bits per heavy atom. The summed E-state index contributed by atoms with van der Waals surface area (Å²) in [6.45, 7) is 12.0. The van der Waals surface area contributed by atoms with Crippen LogP contribution in [-0.2, 0) is 42.1 Å². The van der Waals surface area contributed by atoms with Gasteiger partial charge in [0.1, 0.15) is 23.0 Å². The molecule has 77 heavy (non-hydrogen) atoms. The van der Waals surface area contributed by atoms with Crippen LogP contribution < -0.4 is 51.7 Å². The molecule has 0 unspecified atom stereocenters. The maximum atomic E-state index is 6.56. The Morgan fingerprint density at radius 1 is 0.455 bits per heavy atom. The van der Waals surface area contributed by atoms with Gasteiger partial charge in [-0.05, 0) is 111 Å². The monoisotopic (exact) mass is 1360 g/mol. The number of nitrogens with zero attached hydrogens (tertiary/aromatic N) is 6. The van der Waals surface area contributed by atoms with Crippen LogP contribution in [0.15, 0.2) is 127 Å². The van der Waals surface area contributed by atoms with Crippen molar-refractivity contribution in [2.45, 2.75) is 41.5 Å². The van der Waals surface area contributed by atoms with Crippen molar-refractivity contribution in [3.05, 3.63) is 192 Å². The largest absolute Gasteiger partial charge is 0.631 e. The third-order valence-corrected chi connectivity index (χ3v) is 14.7. The molecule has 4 aliphatic rings. The normalized spacial score (nSPS) is 12.7. The van der Waals surface area contributed by atoms with Gasteiger partial charge in [-0.1, -0.05) is 65.7 Å². The van der Waals surface area contributed by atoms with Crippen LogP contribution in [0.2, 0.25) is 0 Å². The molecule has 0 saturated carbocycles. The Hall–Kier alpha value is -7.97. The first-order valence-electron chi connectivity index (χ1n) is 24.7. The molecule has 5 aromatic heterocycles. The summed E-state index contributed by atoms with van der Waals surface area (Å²) >= 11 is 0. The fraction of sp³-hybridized carbons (Fsp3) is 0.0968. The van der Waals surface area contributed by atoms with Gasteiger partial charge in [0.05, 0.1) is 24.2 Å². The van der Waals surface area contributed by atoms with E-state index in [2.05, 4.69) is 102 Å². The predicted molar refractivity (Wildman–Crippen MR) is 287 cm³/mol. The third-order valence-electron chi connectivity index (χ3n) is 14.7. The zero-order chi connectivity index (χ0) is 50.4. The summed E-state index contributed by atoms with van der Waals surface area (Å²) < 4.78 is 35.9. The number of hydrogen-bond donors (Lipinski definition) is 0. The molecule has 15 rings (SSSR count). The second kappa shape index (κ2) is 18.4. The SMILES string of the molecule is Cc1cc(C)c(-c2cnn(-c3[c-]c4c(nc3)Oc3cccc5c3B4c3[c-]c(-c4[c-]oc(-c6[c-]c7c(cc6)Oc6cccc8c6B7c6[c-]c(-n7cc(-c9c(C)cc(C)cc9C)cn7)cnc6O8)[c-]4)ccc3O5)c2)c(C)c1.[Pt].[Pt]. The molecule has 0 fully saturated rings. The van der Waals surface area contributed by atoms with Crippen molar-refractivity contribution in [2.75, 3.05) is 0 Å². The van der Waals surface area contributed by atoms with Crippen molar-refractivity contribution in [2.24, 2.45) is 0 Å². The maximum Gasteiger partial charge on any atom is 0.215 e. The number of furan rings is 1. The molecule has 0 bridgehead atoms. The van der Waals surface area contributed by atoms with Gasteiger partial charge in [0, 0.05) is 88.1 Å². The van der Waals surface area contributed by atoms with Crippen LogP contribution in [0.3, 0.4) is 0 Å². The van der Waals surface area contributed by atoms with E-state index in [1.807, 2.05) is 94.8 Å². The third kappa shape index (κ3) is 7.80. The molecule has 4 aliphatic heterocycles. The van der Waals surface area contributed by atoms with Crippen molar-refractivity contribution < 1.29 is 65.5 Å². The van der Waals surface area contributed by atoms with E-state index >= 15 is 0 Å². The van der Waals surface area contributed by atoms with Gasteiger partial charge in [-0.15, -0.1) is 57.9 Å². The Bertz CT molecular complexity index is 3940. The van der Waals surface area contributed by atoms with Gasteiger partial charge in [0.25, 0.3) is 0 Å². The summed E-state index contributed by atoms with van der Waals surface area (Å²) in [7, 11) is 0. The van der Waals surface area contributed by atoms with Crippen LogP contribution in [0.4, 0.5) is 0 Å². The summed E-state index contributed by atoms with van der Waals surface area (Å²) in [4.78, 5) is 9.70. The van der Waals surface area contributed by atoms with E-state index in [1.54, 1.807) is 12.4 Å². The Kier molecular flexibility index (Phi) is 11.6. The van der Waals surface area contributed by atoms with Crippen molar-refractivity contribution in [3.8, 4) is 102 Å². The second-order valence-electron chi connectivity index (χ2n) is 19.8. The van der Waals surface area contributed by atoms with E-state index in [-0.39, 0.29) is 55.6 Å². The quantitative estimate of drug-likeness (QED) is 0.119. The molecule has 0 spiro atoms. The first-order valence-corrected chi connectivity index (χ1v) is 24.7. The zero-order valence-electron chi connectivity index (χ0n) is 42.1. The van der Waals surface area contributed by atoms with Crippen LogP contribution in [-0.4, -0.2) is 43.0 Å². The minimum atomic E-state index is -0.376. The van der Waals surface area contributed by atoms with Gasteiger partial charge in [0.15, 0.2) is 0 Å². The number of ether oxygens (including phenoxy) is 4. The van der Waals surface area contributed by atoms with Crippen molar-refractivity contribution in [3.63, 3.8) is 0 Å². The zero-order valence-corrected chi connectivity index (χ0v) is 46.6. The van der Waals surface area contributed by atoms with E-state index < -0.39 is 0 Å². The Labute approximate surface area is 473 Å². The summed E-state index contributed by atoms with van der Waals surface area (Å²) in [5.74, 6) is 5.39. The predicted octanol–water partition coefficient (Wildman–Crippen LogP) is 9.21. The fourth-order valence-electron chi connectivity index (χ4n) is 11.7. The fourth-order valence-corrected chi connectivity index (χ4v) is 11.7. The van der Waals surface area contributed by atoms with Gasteiger partial charge in [-0.3, -0.25) is 9.36 Å². The smallest absolute Gasteiger partial charge is 0.215 e. The van der Waals surface area contributed by atoms with Gasteiger partial charge in [0.2, 0.25) is 13.4 Å². The topological polar surface area (TPSA) is 111 Å². The molecule has 0 radical (unpaired) electrons. The van der Waals surface area contributed by atoms with Crippen molar-refractivity contribution in [1.29, 1.82) is 0 Å². The van der Waals surface area contributed by atoms with Crippen molar-refractivity contribution in [1.82, 2.24) is 29.5 Å². The van der Waals surface area contributed by atoms with E-state index in [9.17, 15) is 0 Å². The Balaban J connectivity index is 0.00000283. The number of hydrogen-bond acceptors (Lipinski definition) is 9. The molecule has 0 amide bonds. The van der Waals surface area contributed by atoms with E-state index in [0.29, 0.717) is 80.1 Å². The molecule has 11 aromatic rings. The summed E-state index contributed by atoms with van der Waals surface area (Å²) in [5.41, 5.74) is 19.8. The van der Waals surface area contributed by atoms with Crippen LogP contribution in [0.25, 0.3) is 56.1 Å². The Morgan fingerprint density at radius 3 is 1.38 bits per heavy atom. The van der Waals surface area contributed by atoms with Gasteiger partial charge in [-0.25, -0.2) is 12.1 Å². The van der Waals surface area contributed by atoms with E-state index in [4.69, 9.17) is 43.5 Å². The average Bonchev–Trinajstić information content (AvgIpc) is 4.22. The molecular weight excluding hydrogens is 1320 g/mol. The van der Waals surface area contributed by atoms with Crippen molar-refractivity contribution >= 4 is 46.2 Å². The number of benzene rings is 6.